The molecule has 9 heteroatoms. The minimum absolute atomic E-state index is 0.175. The van der Waals surface area contributed by atoms with Crippen molar-refractivity contribution < 1.29 is 4.92 Å². The third kappa shape index (κ3) is 2.67. The summed E-state index contributed by atoms with van der Waals surface area (Å²) in [4.78, 5) is 19.1. The van der Waals surface area contributed by atoms with Gasteiger partial charge in [0.15, 0.2) is 5.03 Å². The van der Waals surface area contributed by atoms with Crippen LogP contribution in [0.2, 0.25) is 0 Å². The summed E-state index contributed by atoms with van der Waals surface area (Å²) in [6, 6.07) is 9.80. The fourth-order valence-electron chi connectivity index (χ4n) is 2.45. The van der Waals surface area contributed by atoms with Crippen LogP contribution in [0, 0.1) is 10.1 Å². The summed E-state index contributed by atoms with van der Waals surface area (Å²) in [5, 5.41) is 16.6. The van der Waals surface area contributed by atoms with E-state index in [0.717, 1.165) is 24.4 Å². The second kappa shape index (κ2) is 5.75. The lowest BCUT2D eigenvalue weighted by molar-refractivity contribution is -0.392. The van der Waals surface area contributed by atoms with E-state index in [1.807, 2.05) is 35.0 Å². The normalized spacial score (nSPS) is 14.0. The maximum Gasteiger partial charge on any atom is 0.396 e. The molecular formula is C15H14N6O2S. The molecule has 0 saturated heterocycles. The number of imidazole rings is 1. The Balaban J connectivity index is 1.73. The van der Waals surface area contributed by atoms with E-state index in [2.05, 4.69) is 15.1 Å². The molecule has 1 fully saturated rings. The Labute approximate surface area is 141 Å². The second-order valence-corrected chi connectivity index (χ2v) is 6.57. The van der Waals surface area contributed by atoms with E-state index in [4.69, 9.17) is 0 Å². The molecule has 8 nitrogen and oxygen atoms in total. The predicted octanol–water partition coefficient (Wildman–Crippen LogP) is 2.94. The van der Waals surface area contributed by atoms with Crippen LogP contribution in [-0.2, 0) is 7.05 Å². The summed E-state index contributed by atoms with van der Waals surface area (Å²) in [5.41, 5.74) is 0.943. The first-order valence-electron chi connectivity index (χ1n) is 7.49. The van der Waals surface area contributed by atoms with Crippen LogP contribution in [0.25, 0.3) is 5.69 Å². The van der Waals surface area contributed by atoms with Gasteiger partial charge in [-0.3, -0.25) is 0 Å². The largest absolute Gasteiger partial charge is 0.396 e. The molecule has 2 aromatic heterocycles. The first-order valence-corrected chi connectivity index (χ1v) is 8.31. The van der Waals surface area contributed by atoms with Crippen molar-refractivity contribution in [1.29, 1.82) is 0 Å². The summed E-state index contributed by atoms with van der Waals surface area (Å²) < 4.78 is 3.45. The van der Waals surface area contributed by atoms with Gasteiger partial charge in [-0.15, -0.1) is 5.10 Å². The fraction of sp³-hybridized carbons (Fsp3) is 0.267. The zero-order valence-corrected chi connectivity index (χ0v) is 13.7. The van der Waals surface area contributed by atoms with Crippen molar-refractivity contribution in [3.63, 3.8) is 0 Å². The van der Waals surface area contributed by atoms with Crippen LogP contribution < -0.4 is 0 Å². The molecule has 122 valence electrons. The minimum atomic E-state index is -0.488. The van der Waals surface area contributed by atoms with Crippen molar-refractivity contribution in [3.8, 4) is 5.69 Å². The van der Waals surface area contributed by atoms with Crippen LogP contribution in [0.4, 0.5) is 5.82 Å². The molecule has 0 amide bonds. The summed E-state index contributed by atoms with van der Waals surface area (Å²) in [7, 11) is 1.72. The van der Waals surface area contributed by atoms with E-state index in [1.54, 1.807) is 11.6 Å². The number of para-hydroxylation sites is 1. The number of nitro groups is 1. The minimum Gasteiger partial charge on any atom is -0.358 e. The van der Waals surface area contributed by atoms with Gasteiger partial charge in [-0.05, 0) is 46.6 Å². The number of hydrogen-bond donors (Lipinski definition) is 0. The van der Waals surface area contributed by atoms with E-state index < -0.39 is 4.92 Å². The third-order valence-electron chi connectivity index (χ3n) is 3.78. The molecule has 0 radical (unpaired) electrons. The maximum atomic E-state index is 11.1. The molecule has 3 aromatic rings. The highest BCUT2D eigenvalue weighted by Gasteiger charge is 2.31. The van der Waals surface area contributed by atoms with Gasteiger partial charge >= 0.3 is 5.82 Å². The van der Waals surface area contributed by atoms with Gasteiger partial charge in [-0.2, -0.15) is 0 Å². The smallest absolute Gasteiger partial charge is 0.358 e. The summed E-state index contributed by atoms with van der Waals surface area (Å²) in [6.45, 7) is 0. The monoisotopic (exact) mass is 342 g/mol. The maximum absolute atomic E-state index is 11.1. The Kier molecular flexibility index (Phi) is 3.57. The molecule has 1 aromatic carbocycles. The SMILES string of the molecule is Cn1cnc([N+](=O)[O-])c1Sc1nc(C2CC2)n(-c2ccccc2)n1. The van der Waals surface area contributed by atoms with Crippen molar-refractivity contribution in [1.82, 2.24) is 24.3 Å². The lowest BCUT2D eigenvalue weighted by Gasteiger charge is -2.03. The van der Waals surface area contributed by atoms with Crippen LogP contribution in [0.3, 0.4) is 0 Å². The highest BCUT2D eigenvalue weighted by Crippen LogP contribution is 2.41. The molecular weight excluding hydrogens is 328 g/mol. The second-order valence-electron chi connectivity index (χ2n) is 5.62. The average molecular weight is 342 g/mol. The molecule has 0 unspecified atom stereocenters. The summed E-state index contributed by atoms with van der Waals surface area (Å²) >= 11 is 1.17. The van der Waals surface area contributed by atoms with Crippen molar-refractivity contribution in [2.24, 2.45) is 7.05 Å². The van der Waals surface area contributed by atoms with Gasteiger partial charge in [0.05, 0.1) is 5.69 Å². The van der Waals surface area contributed by atoms with E-state index in [-0.39, 0.29) is 5.82 Å². The molecule has 2 heterocycles. The van der Waals surface area contributed by atoms with Crippen molar-refractivity contribution in [3.05, 3.63) is 52.6 Å². The van der Waals surface area contributed by atoms with Gasteiger partial charge < -0.3 is 14.7 Å². The van der Waals surface area contributed by atoms with E-state index >= 15 is 0 Å². The number of aromatic nitrogens is 5. The van der Waals surface area contributed by atoms with Crippen LogP contribution >= 0.6 is 11.8 Å². The van der Waals surface area contributed by atoms with Gasteiger partial charge in [-0.25, -0.2) is 9.67 Å². The fourth-order valence-corrected chi connectivity index (χ4v) is 3.29. The van der Waals surface area contributed by atoms with Crippen LogP contribution in [0.5, 0.6) is 0 Å². The number of hydrogen-bond acceptors (Lipinski definition) is 6. The Morgan fingerprint density at radius 3 is 2.71 bits per heavy atom. The Morgan fingerprint density at radius 1 is 1.29 bits per heavy atom. The van der Waals surface area contributed by atoms with Gasteiger partial charge in [0.25, 0.3) is 0 Å². The van der Waals surface area contributed by atoms with Gasteiger partial charge in [-0.1, -0.05) is 18.2 Å². The Hall–Kier alpha value is -2.68. The molecule has 1 aliphatic rings. The predicted molar refractivity (Wildman–Crippen MR) is 87.3 cm³/mol. The van der Waals surface area contributed by atoms with E-state index in [1.165, 1.54) is 18.1 Å². The standard InChI is InChI=1S/C15H14N6O2S/c1-19-9-16-13(21(22)23)14(19)24-15-17-12(10-7-8-10)20(18-15)11-5-3-2-4-6-11/h2-6,9-10H,7-8H2,1H3. The van der Waals surface area contributed by atoms with Crippen molar-refractivity contribution in [2.45, 2.75) is 28.9 Å². The van der Waals surface area contributed by atoms with Gasteiger partial charge in [0, 0.05) is 13.0 Å². The summed E-state index contributed by atoms with van der Waals surface area (Å²) in [5.74, 6) is 1.15. The molecule has 0 aliphatic heterocycles. The quantitative estimate of drug-likeness (QED) is 0.523. The number of rotatable bonds is 5. The molecule has 4 rings (SSSR count). The lowest BCUT2D eigenvalue weighted by atomic mass is 10.3. The average Bonchev–Trinajstić information content (AvgIpc) is 3.24. The molecule has 0 bridgehead atoms. The first-order chi connectivity index (χ1) is 11.6. The topological polar surface area (TPSA) is 91.7 Å². The number of benzene rings is 1. The van der Waals surface area contributed by atoms with Crippen molar-refractivity contribution >= 4 is 17.6 Å². The van der Waals surface area contributed by atoms with Gasteiger partial charge in [0.1, 0.15) is 5.82 Å². The van der Waals surface area contributed by atoms with E-state index in [0.29, 0.717) is 16.1 Å². The zero-order valence-electron chi connectivity index (χ0n) is 12.9. The number of nitrogens with zero attached hydrogens (tertiary/aromatic N) is 6. The molecule has 24 heavy (non-hydrogen) atoms. The van der Waals surface area contributed by atoms with E-state index in [9.17, 15) is 10.1 Å². The first kappa shape index (κ1) is 14.9. The Morgan fingerprint density at radius 2 is 2.04 bits per heavy atom. The molecule has 1 saturated carbocycles. The van der Waals surface area contributed by atoms with Crippen LogP contribution in [-0.4, -0.2) is 29.2 Å². The van der Waals surface area contributed by atoms with Crippen LogP contribution in [0.1, 0.15) is 24.6 Å². The third-order valence-corrected chi connectivity index (χ3v) is 4.80. The van der Waals surface area contributed by atoms with Gasteiger partial charge in [0.2, 0.25) is 11.5 Å². The zero-order chi connectivity index (χ0) is 16.7. The highest BCUT2D eigenvalue weighted by atomic mass is 32.2. The molecule has 0 spiro atoms. The molecule has 0 N–H and O–H groups in total. The highest BCUT2D eigenvalue weighted by molar-refractivity contribution is 7.99. The number of aryl methyl sites for hydroxylation is 1. The lowest BCUT2D eigenvalue weighted by Crippen LogP contribution is -2.01. The summed E-state index contributed by atoms with van der Waals surface area (Å²) in [6.07, 6.45) is 3.62. The molecule has 1 aliphatic carbocycles. The molecule has 0 atom stereocenters. The Bertz CT molecular complexity index is 900. The van der Waals surface area contributed by atoms with Crippen molar-refractivity contribution in [2.75, 3.05) is 0 Å². The van der Waals surface area contributed by atoms with Crippen LogP contribution in [0.15, 0.2) is 46.8 Å².